The molecule has 150 valence electrons. The summed E-state index contributed by atoms with van der Waals surface area (Å²) in [6.45, 7) is 0. The molecule has 30 heavy (non-hydrogen) atoms. The second-order valence-electron chi connectivity index (χ2n) is 7.03. The summed E-state index contributed by atoms with van der Waals surface area (Å²) in [6.07, 6.45) is 0. The van der Waals surface area contributed by atoms with Crippen LogP contribution >= 0.6 is 0 Å². The predicted octanol–water partition coefficient (Wildman–Crippen LogP) is 2.15. The van der Waals surface area contributed by atoms with Crippen LogP contribution in [0.3, 0.4) is 0 Å². The van der Waals surface area contributed by atoms with Gasteiger partial charge in [0.15, 0.2) is 0 Å². The van der Waals surface area contributed by atoms with Gasteiger partial charge in [-0.05, 0) is 20.7 Å². The molecule has 0 unspecified atom stereocenters. The van der Waals surface area contributed by atoms with Gasteiger partial charge in [-0.15, -0.1) is 0 Å². The Morgan fingerprint density at radius 1 is 0.500 bits per heavy atom. The van der Waals surface area contributed by atoms with Crippen molar-refractivity contribution in [2.75, 3.05) is 7.11 Å². The van der Waals surface area contributed by atoms with Gasteiger partial charge in [-0.3, -0.25) is 0 Å². The van der Waals surface area contributed by atoms with E-state index in [1.54, 1.807) is 7.11 Å². The van der Waals surface area contributed by atoms with E-state index in [1.165, 1.54) is 0 Å². The summed E-state index contributed by atoms with van der Waals surface area (Å²) in [5, 5.41) is 3.49. The van der Waals surface area contributed by atoms with Gasteiger partial charge in [-0.25, -0.2) is 0 Å². The van der Waals surface area contributed by atoms with Crippen LogP contribution in [-0.4, -0.2) is 29.0 Å². The molecule has 0 amide bonds. The Balaban J connectivity index is 1.94. The summed E-state index contributed by atoms with van der Waals surface area (Å²) >= 11 is 0. The maximum atomic E-state index is 12.2. The Morgan fingerprint density at radius 2 is 0.800 bits per heavy atom. The van der Waals surface area contributed by atoms with Gasteiger partial charge < -0.3 is 13.3 Å². The lowest BCUT2D eigenvalue weighted by Crippen LogP contribution is -2.74. The van der Waals surface area contributed by atoms with Gasteiger partial charge in [-0.2, -0.15) is 0 Å². The van der Waals surface area contributed by atoms with E-state index in [9.17, 15) is 4.80 Å². The SMILES string of the molecule is CO[Si](O[Si](O)(c1ccccc1)c1ccccc1)(c1ccccc1)c1ccccc1. The molecule has 0 fully saturated rings. The van der Waals surface area contributed by atoms with Crippen molar-refractivity contribution in [1.29, 1.82) is 0 Å². The van der Waals surface area contributed by atoms with Gasteiger partial charge in [0.25, 0.3) is 0 Å². The molecule has 0 saturated heterocycles. The topological polar surface area (TPSA) is 38.7 Å². The van der Waals surface area contributed by atoms with Gasteiger partial charge in [0.1, 0.15) is 0 Å². The second kappa shape index (κ2) is 8.91. The average molecular weight is 429 g/mol. The Labute approximate surface area is 179 Å². The molecule has 1 N–H and O–H groups in total. The number of benzene rings is 4. The standard InChI is InChI=1S/C25H24O3Si2/c1-27-30(24-18-10-4-11-19-24,25-20-12-5-13-21-25)28-29(26,22-14-6-2-7-15-22)23-16-8-3-9-17-23/h2-21,26H,1H3. The molecule has 4 aromatic carbocycles. The van der Waals surface area contributed by atoms with E-state index < -0.39 is 17.1 Å². The number of rotatable bonds is 7. The first-order chi connectivity index (χ1) is 14.7. The van der Waals surface area contributed by atoms with Crippen LogP contribution in [0.15, 0.2) is 121 Å². The van der Waals surface area contributed by atoms with E-state index in [-0.39, 0.29) is 0 Å². The van der Waals surface area contributed by atoms with Crippen molar-refractivity contribution in [3.05, 3.63) is 121 Å². The van der Waals surface area contributed by atoms with Gasteiger partial charge in [0, 0.05) is 7.11 Å². The third kappa shape index (κ3) is 3.81. The molecule has 0 spiro atoms. The van der Waals surface area contributed by atoms with Crippen LogP contribution in [0.5, 0.6) is 0 Å². The minimum atomic E-state index is -3.59. The van der Waals surface area contributed by atoms with Gasteiger partial charge >= 0.3 is 17.1 Å². The quantitative estimate of drug-likeness (QED) is 0.459. The predicted molar refractivity (Wildman–Crippen MR) is 126 cm³/mol. The number of hydrogen-bond donors (Lipinski definition) is 1. The molecule has 0 heterocycles. The molecular weight excluding hydrogens is 404 g/mol. The lowest BCUT2D eigenvalue weighted by molar-refractivity contribution is 0.298. The molecule has 0 bridgehead atoms. The first-order valence-corrected chi connectivity index (χ1v) is 13.6. The highest BCUT2D eigenvalue weighted by atomic mass is 28.5. The van der Waals surface area contributed by atoms with Crippen molar-refractivity contribution in [2.24, 2.45) is 0 Å². The molecule has 0 aliphatic carbocycles. The van der Waals surface area contributed by atoms with E-state index >= 15 is 0 Å². The van der Waals surface area contributed by atoms with Crippen LogP contribution in [0.1, 0.15) is 0 Å². The summed E-state index contributed by atoms with van der Waals surface area (Å²) in [5.41, 5.74) is 0. The molecule has 0 saturated carbocycles. The number of hydrogen-bond acceptors (Lipinski definition) is 3. The van der Waals surface area contributed by atoms with E-state index in [0.29, 0.717) is 0 Å². The molecule has 4 aromatic rings. The summed E-state index contributed by atoms with van der Waals surface area (Å²) in [6, 6.07) is 39.3. The van der Waals surface area contributed by atoms with Crippen molar-refractivity contribution in [1.82, 2.24) is 0 Å². The molecular formula is C25H24O3Si2. The van der Waals surface area contributed by atoms with Crippen molar-refractivity contribution in [3.8, 4) is 0 Å². The second-order valence-corrected chi connectivity index (χ2v) is 13.1. The summed E-state index contributed by atoms with van der Waals surface area (Å²) < 4.78 is 13.2. The summed E-state index contributed by atoms with van der Waals surface area (Å²) in [4.78, 5) is 12.2. The first kappa shape index (κ1) is 20.5. The normalized spacial score (nSPS) is 11.9. The molecule has 0 aromatic heterocycles. The highest BCUT2D eigenvalue weighted by Gasteiger charge is 2.52. The van der Waals surface area contributed by atoms with E-state index in [2.05, 4.69) is 0 Å². The average Bonchev–Trinajstić information content (AvgIpc) is 2.85. The lowest BCUT2D eigenvalue weighted by atomic mass is 10.4. The Morgan fingerprint density at radius 3 is 1.10 bits per heavy atom. The fourth-order valence-electron chi connectivity index (χ4n) is 3.70. The van der Waals surface area contributed by atoms with Crippen LogP contribution in [0.2, 0.25) is 0 Å². The monoisotopic (exact) mass is 428 g/mol. The van der Waals surface area contributed by atoms with Gasteiger partial charge in [0.05, 0.1) is 0 Å². The van der Waals surface area contributed by atoms with E-state index in [4.69, 9.17) is 8.54 Å². The van der Waals surface area contributed by atoms with Crippen LogP contribution in [0.4, 0.5) is 0 Å². The molecule has 0 radical (unpaired) electrons. The van der Waals surface area contributed by atoms with Crippen LogP contribution in [-0.2, 0) is 8.54 Å². The molecule has 5 heteroatoms. The summed E-state index contributed by atoms with van der Waals surface area (Å²) in [7, 11) is -5.12. The van der Waals surface area contributed by atoms with Crippen molar-refractivity contribution in [3.63, 3.8) is 0 Å². The smallest absolute Gasteiger partial charge is 0.398 e. The molecule has 0 aliphatic heterocycles. The van der Waals surface area contributed by atoms with Gasteiger partial charge in [0.2, 0.25) is 0 Å². The minimum Gasteiger partial charge on any atom is -0.404 e. The Bertz CT molecular complexity index is 980. The zero-order chi connectivity index (χ0) is 20.9. The zero-order valence-electron chi connectivity index (χ0n) is 16.8. The van der Waals surface area contributed by atoms with Crippen molar-refractivity contribution >= 4 is 37.9 Å². The largest absolute Gasteiger partial charge is 0.404 e. The first-order valence-electron chi connectivity index (χ1n) is 9.89. The molecule has 0 aliphatic rings. The third-order valence-electron chi connectivity index (χ3n) is 5.22. The van der Waals surface area contributed by atoms with Crippen LogP contribution in [0.25, 0.3) is 0 Å². The highest BCUT2D eigenvalue weighted by molar-refractivity contribution is 7.03. The third-order valence-corrected chi connectivity index (χ3v) is 12.5. The van der Waals surface area contributed by atoms with Gasteiger partial charge in [-0.1, -0.05) is 121 Å². The minimum absolute atomic E-state index is 0.789. The maximum Gasteiger partial charge on any atom is 0.398 e. The Kier molecular flexibility index (Phi) is 6.08. The van der Waals surface area contributed by atoms with Crippen LogP contribution < -0.4 is 20.7 Å². The summed E-state index contributed by atoms with van der Waals surface area (Å²) in [5.74, 6) is 0. The fourth-order valence-corrected chi connectivity index (χ4v) is 11.3. The van der Waals surface area contributed by atoms with Crippen molar-refractivity contribution in [2.45, 2.75) is 0 Å². The lowest BCUT2D eigenvalue weighted by Gasteiger charge is -2.38. The molecule has 4 rings (SSSR count). The van der Waals surface area contributed by atoms with E-state index in [1.807, 2.05) is 121 Å². The zero-order valence-corrected chi connectivity index (χ0v) is 18.8. The molecule has 0 atom stereocenters. The Hall–Kier alpha value is -2.81. The van der Waals surface area contributed by atoms with Crippen molar-refractivity contribution < 1.29 is 13.3 Å². The van der Waals surface area contributed by atoms with E-state index in [0.717, 1.165) is 20.7 Å². The molecule has 3 nitrogen and oxygen atoms in total. The fraction of sp³-hybridized carbons (Fsp3) is 0.0400. The highest BCUT2D eigenvalue weighted by Crippen LogP contribution is 2.16. The van der Waals surface area contributed by atoms with Crippen LogP contribution in [0, 0.1) is 0 Å². The maximum absolute atomic E-state index is 12.2.